The molecule has 2 heteroatoms. The maximum atomic E-state index is 3.74. The standard InChI is InChI=1S/C19H28N2/c1-14-13-21(19(5,6)7)17(20-18(2,3)4)16(14)15-11-9-8-10-12-15/h8-12H,13H2,1-7H3/p+1. The molecule has 2 rings (SSSR count). The predicted molar refractivity (Wildman–Crippen MR) is 91.8 cm³/mol. The van der Waals surface area contributed by atoms with Gasteiger partial charge in [0.1, 0.15) is 6.54 Å². The number of hydrogen-bond acceptors (Lipinski definition) is 1. The van der Waals surface area contributed by atoms with Gasteiger partial charge < -0.3 is 0 Å². The fraction of sp³-hybridized carbons (Fsp3) is 0.526. The summed E-state index contributed by atoms with van der Waals surface area (Å²) in [7, 11) is 0. The zero-order valence-corrected chi connectivity index (χ0v) is 14.5. The van der Waals surface area contributed by atoms with Crippen molar-refractivity contribution in [3.05, 3.63) is 41.5 Å². The minimum Gasteiger partial charge on any atom is -0.270 e. The minimum atomic E-state index is 0.0451. The van der Waals surface area contributed by atoms with E-state index in [4.69, 9.17) is 0 Å². The summed E-state index contributed by atoms with van der Waals surface area (Å²) < 4.78 is 2.48. The molecule has 114 valence electrons. The van der Waals surface area contributed by atoms with Crippen LogP contribution in [0.15, 0.2) is 35.9 Å². The Bertz CT molecular complexity index is 578. The first-order chi connectivity index (χ1) is 9.59. The van der Waals surface area contributed by atoms with E-state index in [1.165, 1.54) is 22.5 Å². The van der Waals surface area contributed by atoms with Crippen molar-refractivity contribution in [3.63, 3.8) is 0 Å². The van der Waals surface area contributed by atoms with Gasteiger partial charge in [-0.1, -0.05) is 30.3 Å². The van der Waals surface area contributed by atoms with E-state index in [9.17, 15) is 0 Å². The second-order valence-corrected chi connectivity index (χ2v) is 8.00. The molecule has 0 saturated carbocycles. The maximum absolute atomic E-state index is 3.74. The second kappa shape index (κ2) is 5.32. The third-order valence-electron chi connectivity index (χ3n) is 3.69. The van der Waals surface area contributed by atoms with E-state index in [0.29, 0.717) is 0 Å². The van der Waals surface area contributed by atoms with Crippen LogP contribution in [0.4, 0.5) is 0 Å². The Kier molecular flexibility index (Phi) is 4.01. The van der Waals surface area contributed by atoms with Gasteiger partial charge in [-0.05, 0) is 59.6 Å². The van der Waals surface area contributed by atoms with E-state index in [2.05, 4.69) is 88.7 Å². The molecule has 0 amide bonds. The van der Waals surface area contributed by atoms with Gasteiger partial charge >= 0.3 is 0 Å². The molecule has 0 aliphatic carbocycles. The van der Waals surface area contributed by atoms with Crippen molar-refractivity contribution in [2.45, 2.75) is 59.5 Å². The molecule has 1 aliphatic heterocycles. The molecule has 1 aliphatic rings. The van der Waals surface area contributed by atoms with Crippen LogP contribution in [0.1, 0.15) is 54.0 Å². The maximum Gasteiger partial charge on any atom is 0.278 e. The highest BCUT2D eigenvalue weighted by Gasteiger charge is 2.37. The zero-order chi connectivity index (χ0) is 15.8. The first kappa shape index (κ1) is 15.8. The molecule has 1 aromatic rings. The largest absolute Gasteiger partial charge is 0.278 e. The summed E-state index contributed by atoms with van der Waals surface area (Å²) in [5.41, 5.74) is 4.24. The molecule has 1 aromatic carbocycles. The van der Waals surface area contributed by atoms with Crippen LogP contribution >= 0.6 is 0 Å². The average molecular weight is 285 g/mol. The quantitative estimate of drug-likeness (QED) is 0.769. The van der Waals surface area contributed by atoms with Gasteiger partial charge in [0.15, 0.2) is 0 Å². The van der Waals surface area contributed by atoms with Crippen molar-refractivity contribution >= 4 is 11.4 Å². The first-order valence-electron chi connectivity index (χ1n) is 7.78. The smallest absolute Gasteiger partial charge is 0.270 e. The zero-order valence-electron chi connectivity index (χ0n) is 14.5. The summed E-state index contributed by atoms with van der Waals surface area (Å²) in [5.74, 6) is 1.26. The normalized spacial score (nSPS) is 16.7. The summed E-state index contributed by atoms with van der Waals surface area (Å²) in [5, 5.41) is 3.74. The second-order valence-electron chi connectivity index (χ2n) is 8.00. The first-order valence-corrected chi connectivity index (χ1v) is 7.78. The van der Waals surface area contributed by atoms with Gasteiger partial charge in [0.05, 0.1) is 16.7 Å². The van der Waals surface area contributed by atoms with Crippen LogP contribution in [0.3, 0.4) is 0 Å². The lowest BCUT2D eigenvalue weighted by molar-refractivity contribution is -0.588. The molecule has 0 spiro atoms. The summed E-state index contributed by atoms with van der Waals surface area (Å²) in [4.78, 5) is 0. The van der Waals surface area contributed by atoms with Crippen LogP contribution in [0.5, 0.6) is 0 Å². The Balaban J connectivity index is 2.56. The highest BCUT2D eigenvalue weighted by atomic mass is 15.2. The lowest BCUT2D eigenvalue weighted by Crippen LogP contribution is -2.48. The third-order valence-corrected chi connectivity index (χ3v) is 3.69. The van der Waals surface area contributed by atoms with Gasteiger partial charge in [0.25, 0.3) is 5.84 Å². The van der Waals surface area contributed by atoms with Gasteiger partial charge in [-0.15, -0.1) is 0 Å². The van der Waals surface area contributed by atoms with Crippen molar-refractivity contribution < 1.29 is 4.58 Å². The van der Waals surface area contributed by atoms with Crippen LogP contribution in [-0.4, -0.2) is 28.0 Å². The SMILES string of the molecule is CC1=C(c2ccccc2)C(NC(C)(C)C)=[N+](C(C)(C)C)C1. The van der Waals surface area contributed by atoms with Crippen LogP contribution < -0.4 is 5.32 Å². The van der Waals surface area contributed by atoms with Gasteiger partial charge in [0, 0.05) is 0 Å². The Morgan fingerprint density at radius 2 is 1.52 bits per heavy atom. The van der Waals surface area contributed by atoms with E-state index in [1.807, 2.05) is 0 Å². The number of hydrogen-bond donors (Lipinski definition) is 1. The Hall–Kier alpha value is -1.57. The molecule has 0 radical (unpaired) electrons. The van der Waals surface area contributed by atoms with Crippen molar-refractivity contribution in [2.24, 2.45) is 0 Å². The highest BCUT2D eigenvalue weighted by Crippen LogP contribution is 2.28. The lowest BCUT2D eigenvalue weighted by atomic mass is 9.99. The fourth-order valence-corrected chi connectivity index (χ4v) is 2.78. The molecule has 0 unspecified atom stereocenters. The van der Waals surface area contributed by atoms with E-state index in [-0.39, 0.29) is 11.1 Å². The van der Waals surface area contributed by atoms with E-state index < -0.39 is 0 Å². The van der Waals surface area contributed by atoms with E-state index >= 15 is 0 Å². The van der Waals surface area contributed by atoms with E-state index in [0.717, 1.165) is 6.54 Å². The number of nitrogens with zero attached hydrogens (tertiary/aromatic N) is 1. The van der Waals surface area contributed by atoms with Crippen LogP contribution in [0, 0.1) is 0 Å². The number of rotatable bonds is 1. The van der Waals surface area contributed by atoms with Crippen molar-refractivity contribution in [1.82, 2.24) is 5.32 Å². The predicted octanol–water partition coefficient (Wildman–Crippen LogP) is 4.07. The van der Waals surface area contributed by atoms with Crippen LogP contribution in [0.25, 0.3) is 5.57 Å². The van der Waals surface area contributed by atoms with Gasteiger partial charge in [-0.25, -0.2) is 0 Å². The van der Waals surface area contributed by atoms with Crippen molar-refractivity contribution in [2.75, 3.05) is 6.54 Å². The lowest BCUT2D eigenvalue weighted by Gasteiger charge is -2.25. The highest BCUT2D eigenvalue weighted by molar-refractivity contribution is 6.22. The fourth-order valence-electron chi connectivity index (χ4n) is 2.78. The Labute approximate surface area is 129 Å². The summed E-state index contributed by atoms with van der Waals surface area (Å²) in [6, 6.07) is 10.7. The molecule has 0 bridgehead atoms. The molecule has 0 saturated heterocycles. The molecule has 1 heterocycles. The minimum absolute atomic E-state index is 0.0451. The number of nitrogens with one attached hydrogen (secondary N) is 1. The van der Waals surface area contributed by atoms with Crippen LogP contribution in [-0.2, 0) is 0 Å². The molecule has 0 aromatic heterocycles. The summed E-state index contributed by atoms with van der Waals surface area (Å²) in [6.45, 7) is 16.7. The molecule has 21 heavy (non-hydrogen) atoms. The average Bonchev–Trinajstić information content (AvgIpc) is 2.65. The van der Waals surface area contributed by atoms with E-state index in [1.54, 1.807) is 0 Å². The molecule has 0 atom stereocenters. The Morgan fingerprint density at radius 1 is 0.952 bits per heavy atom. The monoisotopic (exact) mass is 285 g/mol. The topological polar surface area (TPSA) is 15.0 Å². The third kappa shape index (κ3) is 3.55. The molecular weight excluding hydrogens is 256 g/mol. The molecular formula is C19H29N2+. The number of benzene rings is 1. The number of amidine groups is 1. The summed E-state index contributed by atoms with van der Waals surface area (Å²) >= 11 is 0. The van der Waals surface area contributed by atoms with Crippen molar-refractivity contribution in [1.29, 1.82) is 0 Å². The van der Waals surface area contributed by atoms with Crippen molar-refractivity contribution in [3.8, 4) is 0 Å². The molecule has 1 N–H and O–H groups in total. The van der Waals surface area contributed by atoms with Crippen LogP contribution in [0.2, 0.25) is 0 Å². The Morgan fingerprint density at radius 3 is 2.00 bits per heavy atom. The van der Waals surface area contributed by atoms with Gasteiger partial charge in [0.2, 0.25) is 0 Å². The van der Waals surface area contributed by atoms with Gasteiger partial charge in [-0.3, -0.25) is 9.89 Å². The molecule has 0 fully saturated rings. The van der Waals surface area contributed by atoms with Gasteiger partial charge in [-0.2, -0.15) is 0 Å². The molecule has 2 nitrogen and oxygen atoms in total. The summed E-state index contributed by atoms with van der Waals surface area (Å²) in [6.07, 6.45) is 0.